The molecule has 0 saturated carbocycles. The summed E-state index contributed by atoms with van der Waals surface area (Å²) >= 11 is 0. The molecular weight excluding hydrogens is 156 g/mol. The number of aliphatic hydroxyl groups excluding tert-OH is 1. The summed E-state index contributed by atoms with van der Waals surface area (Å²) in [6.07, 6.45) is 1.27. The number of aliphatic hydroxyl groups is 1. The number of nitrogens with zero attached hydrogens (tertiary/aromatic N) is 1. The molecule has 0 aliphatic carbocycles. The maximum absolute atomic E-state index is 9.25. The first kappa shape index (κ1) is 14.1. The van der Waals surface area contributed by atoms with Crippen molar-refractivity contribution in [1.29, 1.82) is 0 Å². The van der Waals surface area contributed by atoms with E-state index in [2.05, 4.69) is 6.58 Å². The minimum absolute atomic E-state index is 0. The number of ether oxygens (including phenoxy) is 1. The van der Waals surface area contributed by atoms with Crippen LogP contribution in [0.2, 0.25) is 0 Å². The van der Waals surface area contributed by atoms with Gasteiger partial charge >= 0.3 is 0 Å². The molecule has 4 heteroatoms. The van der Waals surface area contributed by atoms with Crippen LogP contribution in [0, 0.1) is 0 Å². The SMILES string of the molecule is C=CCOCC(O)CN(C)C.N. The predicted molar refractivity (Wildman–Crippen MR) is 50.6 cm³/mol. The molecule has 0 aliphatic heterocycles. The smallest absolute Gasteiger partial charge is 0.0900 e. The van der Waals surface area contributed by atoms with Crippen molar-refractivity contribution in [2.45, 2.75) is 6.10 Å². The molecule has 0 aromatic heterocycles. The van der Waals surface area contributed by atoms with Gasteiger partial charge in [0.1, 0.15) is 0 Å². The van der Waals surface area contributed by atoms with Gasteiger partial charge in [-0.25, -0.2) is 0 Å². The Hall–Kier alpha value is -0.420. The third-order valence-corrected chi connectivity index (χ3v) is 1.12. The Labute approximate surface area is 74.4 Å². The third-order valence-electron chi connectivity index (χ3n) is 1.12. The molecule has 0 radical (unpaired) electrons. The van der Waals surface area contributed by atoms with Crippen LogP contribution in [0.4, 0.5) is 0 Å². The summed E-state index contributed by atoms with van der Waals surface area (Å²) in [5.41, 5.74) is 0. The predicted octanol–water partition coefficient (Wildman–Crippen LogP) is 0.274. The van der Waals surface area contributed by atoms with Gasteiger partial charge in [-0.05, 0) is 14.1 Å². The summed E-state index contributed by atoms with van der Waals surface area (Å²) in [7, 11) is 3.83. The van der Waals surface area contributed by atoms with Gasteiger partial charge in [0.2, 0.25) is 0 Å². The molecule has 0 aromatic carbocycles. The second-order valence-corrected chi connectivity index (χ2v) is 2.74. The zero-order valence-corrected chi connectivity index (χ0v) is 7.99. The number of rotatable bonds is 6. The minimum atomic E-state index is -0.398. The summed E-state index contributed by atoms with van der Waals surface area (Å²) in [6, 6.07) is 0. The largest absolute Gasteiger partial charge is 0.389 e. The molecule has 0 rings (SSSR count). The fraction of sp³-hybridized carbons (Fsp3) is 0.750. The van der Waals surface area contributed by atoms with Crippen molar-refractivity contribution in [1.82, 2.24) is 11.1 Å². The first-order chi connectivity index (χ1) is 5.16. The van der Waals surface area contributed by atoms with E-state index < -0.39 is 6.10 Å². The van der Waals surface area contributed by atoms with E-state index in [9.17, 15) is 5.11 Å². The van der Waals surface area contributed by atoms with E-state index in [-0.39, 0.29) is 6.15 Å². The van der Waals surface area contributed by atoms with Gasteiger partial charge in [0, 0.05) is 6.54 Å². The molecule has 0 aromatic rings. The van der Waals surface area contributed by atoms with Crippen molar-refractivity contribution < 1.29 is 9.84 Å². The third kappa shape index (κ3) is 9.58. The molecule has 0 amide bonds. The molecule has 74 valence electrons. The summed E-state index contributed by atoms with van der Waals surface area (Å²) < 4.78 is 5.05. The van der Waals surface area contributed by atoms with E-state index in [0.717, 1.165) is 0 Å². The van der Waals surface area contributed by atoms with E-state index in [1.54, 1.807) is 6.08 Å². The van der Waals surface area contributed by atoms with Gasteiger partial charge < -0.3 is 20.9 Å². The van der Waals surface area contributed by atoms with Crippen LogP contribution in [-0.4, -0.2) is 50.0 Å². The Kier molecular flexibility index (Phi) is 10.2. The maximum atomic E-state index is 9.25. The van der Waals surface area contributed by atoms with Crippen LogP contribution in [0.15, 0.2) is 12.7 Å². The van der Waals surface area contributed by atoms with Crippen LogP contribution >= 0.6 is 0 Å². The molecule has 12 heavy (non-hydrogen) atoms. The van der Waals surface area contributed by atoms with Gasteiger partial charge in [0.05, 0.1) is 19.3 Å². The Morgan fingerprint density at radius 1 is 1.58 bits per heavy atom. The molecule has 4 N–H and O–H groups in total. The lowest BCUT2D eigenvalue weighted by Gasteiger charge is -2.15. The van der Waals surface area contributed by atoms with Gasteiger partial charge in [-0.3, -0.25) is 0 Å². The van der Waals surface area contributed by atoms with Gasteiger partial charge in [-0.2, -0.15) is 0 Å². The number of likely N-dealkylation sites (N-methyl/N-ethyl adjacent to an activating group) is 1. The van der Waals surface area contributed by atoms with Crippen molar-refractivity contribution in [2.24, 2.45) is 0 Å². The lowest BCUT2D eigenvalue weighted by molar-refractivity contribution is 0.0349. The standard InChI is InChI=1S/C8H17NO2.H3N/c1-4-5-11-7-8(10)6-9(2)3;/h4,8,10H,1,5-7H2,2-3H3;1H3. The average molecular weight is 176 g/mol. The maximum Gasteiger partial charge on any atom is 0.0900 e. The van der Waals surface area contributed by atoms with Crippen molar-refractivity contribution in [3.63, 3.8) is 0 Å². The second kappa shape index (κ2) is 8.67. The lowest BCUT2D eigenvalue weighted by atomic mass is 10.3. The highest BCUT2D eigenvalue weighted by Crippen LogP contribution is 1.87. The summed E-state index contributed by atoms with van der Waals surface area (Å²) in [4.78, 5) is 1.92. The first-order valence-electron chi connectivity index (χ1n) is 3.68. The van der Waals surface area contributed by atoms with Gasteiger partial charge in [0.25, 0.3) is 0 Å². The van der Waals surface area contributed by atoms with Crippen LogP contribution in [0.25, 0.3) is 0 Å². The van der Waals surface area contributed by atoms with Crippen LogP contribution in [0.1, 0.15) is 0 Å². The van der Waals surface area contributed by atoms with Crippen LogP contribution in [0.3, 0.4) is 0 Å². The molecular formula is C8H20N2O2. The highest BCUT2D eigenvalue weighted by molar-refractivity contribution is 4.65. The second-order valence-electron chi connectivity index (χ2n) is 2.74. The summed E-state index contributed by atoms with van der Waals surface area (Å²) in [6.45, 7) is 5.02. The van der Waals surface area contributed by atoms with E-state index in [4.69, 9.17) is 4.74 Å². The summed E-state index contributed by atoms with van der Waals surface area (Å²) in [5, 5.41) is 9.25. The van der Waals surface area contributed by atoms with Gasteiger partial charge in [0.15, 0.2) is 0 Å². The normalized spacial score (nSPS) is 12.3. The monoisotopic (exact) mass is 176 g/mol. The highest BCUT2D eigenvalue weighted by Gasteiger charge is 2.03. The van der Waals surface area contributed by atoms with Crippen molar-refractivity contribution in [2.75, 3.05) is 33.9 Å². The Bertz CT molecular complexity index is 107. The van der Waals surface area contributed by atoms with Crippen molar-refractivity contribution in [3.8, 4) is 0 Å². The van der Waals surface area contributed by atoms with Crippen molar-refractivity contribution in [3.05, 3.63) is 12.7 Å². The van der Waals surface area contributed by atoms with Gasteiger partial charge in [-0.1, -0.05) is 6.08 Å². The van der Waals surface area contributed by atoms with Crippen LogP contribution < -0.4 is 6.15 Å². The fourth-order valence-corrected chi connectivity index (χ4v) is 0.762. The minimum Gasteiger partial charge on any atom is -0.389 e. The number of hydrogen-bond donors (Lipinski definition) is 2. The fourth-order valence-electron chi connectivity index (χ4n) is 0.762. The Balaban J connectivity index is 0. The molecule has 0 bridgehead atoms. The van der Waals surface area contributed by atoms with Gasteiger partial charge in [-0.15, -0.1) is 6.58 Å². The van der Waals surface area contributed by atoms with E-state index in [1.807, 2.05) is 19.0 Å². The highest BCUT2D eigenvalue weighted by atomic mass is 16.5. The molecule has 4 nitrogen and oxygen atoms in total. The first-order valence-corrected chi connectivity index (χ1v) is 3.68. The van der Waals surface area contributed by atoms with Crippen LogP contribution in [0.5, 0.6) is 0 Å². The Morgan fingerprint density at radius 2 is 2.17 bits per heavy atom. The van der Waals surface area contributed by atoms with E-state index >= 15 is 0 Å². The zero-order valence-electron chi connectivity index (χ0n) is 7.99. The average Bonchev–Trinajstić information content (AvgIpc) is 1.86. The molecule has 0 saturated heterocycles. The summed E-state index contributed by atoms with van der Waals surface area (Å²) in [5.74, 6) is 0. The van der Waals surface area contributed by atoms with Crippen molar-refractivity contribution >= 4 is 0 Å². The van der Waals surface area contributed by atoms with E-state index in [0.29, 0.717) is 19.8 Å². The molecule has 1 unspecified atom stereocenters. The van der Waals surface area contributed by atoms with Crippen LogP contribution in [-0.2, 0) is 4.74 Å². The molecule has 0 heterocycles. The number of hydrogen-bond acceptors (Lipinski definition) is 4. The molecule has 1 atom stereocenters. The molecule has 0 fully saturated rings. The lowest BCUT2D eigenvalue weighted by Crippen LogP contribution is -2.29. The Morgan fingerprint density at radius 3 is 2.58 bits per heavy atom. The zero-order chi connectivity index (χ0) is 8.69. The quantitative estimate of drug-likeness (QED) is 0.450. The molecule has 0 aliphatic rings. The van der Waals surface area contributed by atoms with E-state index in [1.165, 1.54) is 0 Å². The topological polar surface area (TPSA) is 67.7 Å². The molecule has 0 spiro atoms.